The largest absolute Gasteiger partial charge is 0.0656 e. The van der Waals surface area contributed by atoms with Gasteiger partial charge in [0.25, 0.3) is 0 Å². The van der Waals surface area contributed by atoms with Gasteiger partial charge < -0.3 is 0 Å². The molecule has 116 valence electrons. The van der Waals surface area contributed by atoms with Gasteiger partial charge in [-0.05, 0) is 47.6 Å². The Kier molecular flexibility index (Phi) is 8.82. The molecular weight excluding hydrogens is 252 g/mol. The lowest BCUT2D eigenvalue weighted by atomic mass is 10.00. The highest BCUT2D eigenvalue weighted by Crippen LogP contribution is 2.20. The van der Waals surface area contributed by atoms with Crippen molar-refractivity contribution in [2.75, 3.05) is 0 Å². The van der Waals surface area contributed by atoms with E-state index < -0.39 is 0 Å². The van der Waals surface area contributed by atoms with E-state index in [1.165, 1.54) is 66.8 Å². The van der Waals surface area contributed by atoms with Crippen LogP contribution in [0.1, 0.15) is 70.9 Å². The number of aryl methyl sites for hydroxylation is 2. The van der Waals surface area contributed by atoms with Crippen LogP contribution in [0, 0.1) is 0 Å². The Bertz CT molecular complexity index is 463. The van der Waals surface area contributed by atoms with Crippen molar-refractivity contribution in [3.63, 3.8) is 0 Å². The van der Waals surface area contributed by atoms with Crippen molar-refractivity contribution in [3.8, 4) is 0 Å². The van der Waals surface area contributed by atoms with Crippen LogP contribution < -0.4 is 0 Å². The molecule has 0 nitrogen and oxygen atoms in total. The second-order valence-corrected chi connectivity index (χ2v) is 5.93. The Labute approximate surface area is 131 Å². The lowest BCUT2D eigenvalue weighted by Crippen LogP contribution is -1.87. The number of hydrogen-bond donors (Lipinski definition) is 0. The summed E-state index contributed by atoms with van der Waals surface area (Å²) in [7, 11) is 0. The molecule has 0 amide bonds. The Morgan fingerprint density at radius 1 is 0.619 bits per heavy atom. The fourth-order valence-electron chi connectivity index (χ4n) is 2.42. The molecule has 0 aliphatic rings. The zero-order valence-corrected chi connectivity index (χ0v) is 14.4. The molecule has 0 radical (unpaired) electrons. The van der Waals surface area contributed by atoms with Crippen molar-refractivity contribution in [3.05, 3.63) is 47.5 Å². The summed E-state index contributed by atoms with van der Waals surface area (Å²) >= 11 is 0. The van der Waals surface area contributed by atoms with Crippen LogP contribution in [0.25, 0.3) is 10.8 Å². The quantitative estimate of drug-likeness (QED) is 0.539. The van der Waals surface area contributed by atoms with E-state index in [9.17, 15) is 0 Å². The smallest absolute Gasteiger partial charge is 0.0181 e. The van der Waals surface area contributed by atoms with Gasteiger partial charge in [0.05, 0.1) is 0 Å². The molecule has 0 aliphatic heterocycles. The maximum atomic E-state index is 2.36. The Morgan fingerprint density at radius 3 is 1.33 bits per heavy atom. The average molecular weight is 284 g/mol. The molecule has 0 heteroatoms. The normalized spacial score (nSPS) is 10.3. The molecule has 2 aromatic carbocycles. The predicted octanol–water partition coefficient (Wildman–Crippen LogP) is 6.94. The lowest BCUT2D eigenvalue weighted by molar-refractivity contribution is 0.794. The lowest BCUT2D eigenvalue weighted by Gasteiger charge is -2.06. The minimum atomic E-state index is 1.21. The second kappa shape index (κ2) is 10.4. The fraction of sp³-hybridized carbons (Fsp3) is 0.524. The summed E-state index contributed by atoms with van der Waals surface area (Å²) in [5.41, 5.74) is 2.95. The van der Waals surface area contributed by atoms with Gasteiger partial charge in [-0.15, -0.1) is 0 Å². The summed E-state index contributed by atoms with van der Waals surface area (Å²) in [5.74, 6) is 0. The fourth-order valence-corrected chi connectivity index (χ4v) is 2.42. The van der Waals surface area contributed by atoms with Gasteiger partial charge in [-0.2, -0.15) is 0 Å². The van der Waals surface area contributed by atoms with E-state index in [-0.39, 0.29) is 0 Å². The summed E-state index contributed by atoms with van der Waals surface area (Å²) in [6.07, 6.45) is 8.80. The van der Waals surface area contributed by atoms with Crippen LogP contribution in [0.5, 0.6) is 0 Å². The highest BCUT2D eigenvalue weighted by atomic mass is 14.0. The van der Waals surface area contributed by atoms with Crippen LogP contribution in [0.15, 0.2) is 36.4 Å². The zero-order valence-electron chi connectivity index (χ0n) is 14.4. The van der Waals surface area contributed by atoms with Crippen LogP contribution in [-0.4, -0.2) is 0 Å². The van der Waals surface area contributed by atoms with Gasteiger partial charge in [-0.1, -0.05) is 83.4 Å². The average Bonchev–Trinajstić information content (AvgIpc) is 2.51. The standard InChI is InChI=1S/C18H24.C3H8/c1-3-5-7-15-9-11-18-14-16(8-6-4-2)10-12-17(18)13-15;1-3-2/h9-14H,3-8H2,1-2H3;3H2,1-2H3. The summed E-state index contributed by atoms with van der Waals surface area (Å²) in [6.45, 7) is 8.75. The first kappa shape index (κ1) is 17.8. The third kappa shape index (κ3) is 6.33. The van der Waals surface area contributed by atoms with Gasteiger partial charge in [0, 0.05) is 0 Å². The molecule has 2 rings (SSSR count). The molecule has 0 atom stereocenters. The molecule has 0 bridgehead atoms. The molecule has 0 aromatic heterocycles. The number of hydrogen-bond acceptors (Lipinski definition) is 0. The molecular formula is C21H32. The van der Waals surface area contributed by atoms with Gasteiger partial charge in [0.15, 0.2) is 0 Å². The summed E-state index contributed by atoms with van der Waals surface area (Å²) < 4.78 is 0. The first-order valence-electron chi connectivity index (χ1n) is 8.76. The van der Waals surface area contributed by atoms with E-state index in [0.29, 0.717) is 0 Å². The van der Waals surface area contributed by atoms with E-state index in [2.05, 4.69) is 64.1 Å². The molecule has 0 unspecified atom stereocenters. The van der Waals surface area contributed by atoms with E-state index in [1.807, 2.05) is 0 Å². The number of fused-ring (bicyclic) bond motifs is 1. The third-order valence-corrected chi connectivity index (χ3v) is 3.61. The third-order valence-electron chi connectivity index (χ3n) is 3.61. The summed E-state index contributed by atoms with van der Waals surface area (Å²) in [5, 5.41) is 2.78. The molecule has 2 aromatic rings. The molecule has 0 saturated heterocycles. The van der Waals surface area contributed by atoms with E-state index >= 15 is 0 Å². The van der Waals surface area contributed by atoms with Crippen molar-refractivity contribution >= 4 is 10.8 Å². The Morgan fingerprint density at radius 2 is 1.00 bits per heavy atom. The second-order valence-electron chi connectivity index (χ2n) is 5.93. The van der Waals surface area contributed by atoms with Gasteiger partial charge in [-0.3, -0.25) is 0 Å². The molecule has 0 fully saturated rings. The maximum absolute atomic E-state index is 2.36. The van der Waals surface area contributed by atoms with Gasteiger partial charge in [-0.25, -0.2) is 0 Å². The van der Waals surface area contributed by atoms with Crippen LogP contribution in [0.4, 0.5) is 0 Å². The van der Waals surface area contributed by atoms with Gasteiger partial charge in [0.1, 0.15) is 0 Å². The molecule has 0 spiro atoms. The van der Waals surface area contributed by atoms with E-state index in [1.54, 1.807) is 0 Å². The van der Waals surface area contributed by atoms with Crippen LogP contribution in [0.3, 0.4) is 0 Å². The Hall–Kier alpha value is -1.30. The number of unbranched alkanes of at least 4 members (excludes halogenated alkanes) is 2. The maximum Gasteiger partial charge on any atom is -0.0181 e. The number of benzene rings is 2. The molecule has 21 heavy (non-hydrogen) atoms. The molecule has 0 N–H and O–H groups in total. The zero-order chi connectivity index (χ0) is 15.5. The van der Waals surface area contributed by atoms with Crippen molar-refractivity contribution in [1.29, 1.82) is 0 Å². The summed E-state index contributed by atoms with van der Waals surface area (Å²) in [4.78, 5) is 0. The highest BCUT2D eigenvalue weighted by molar-refractivity contribution is 5.83. The monoisotopic (exact) mass is 284 g/mol. The first-order chi connectivity index (χ1) is 10.2. The van der Waals surface area contributed by atoms with Crippen LogP contribution >= 0.6 is 0 Å². The van der Waals surface area contributed by atoms with Crippen molar-refractivity contribution in [2.24, 2.45) is 0 Å². The minimum absolute atomic E-state index is 1.21. The van der Waals surface area contributed by atoms with Crippen molar-refractivity contribution in [1.82, 2.24) is 0 Å². The molecule has 0 aliphatic carbocycles. The molecule has 0 heterocycles. The topological polar surface area (TPSA) is 0 Å². The Balaban J connectivity index is 0.000000677. The van der Waals surface area contributed by atoms with Gasteiger partial charge >= 0.3 is 0 Å². The molecule has 0 saturated carbocycles. The van der Waals surface area contributed by atoms with Crippen LogP contribution in [0.2, 0.25) is 0 Å². The SMILES string of the molecule is CCC.CCCCc1ccc2cc(CCCC)ccc2c1. The predicted molar refractivity (Wildman–Crippen MR) is 97.1 cm³/mol. The van der Waals surface area contributed by atoms with Crippen molar-refractivity contribution < 1.29 is 0 Å². The minimum Gasteiger partial charge on any atom is -0.0656 e. The highest BCUT2D eigenvalue weighted by Gasteiger charge is 1.99. The first-order valence-corrected chi connectivity index (χ1v) is 8.76. The van der Waals surface area contributed by atoms with Gasteiger partial charge in [0.2, 0.25) is 0 Å². The summed E-state index contributed by atoms with van der Waals surface area (Å²) in [6, 6.07) is 13.9. The van der Waals surface area contributed by atoms with E-state index in [0.717, 1.165) is 0 Å². The van der Waals surface area contributed by atoms with Crippen LogP contribution in [-0.2, 0) is 12.8 Å². The number of rotatable bonds is 6. The van der Waals surface area contributed by atoms with E-state index in [4.69, 9.17) is 0 Å². The van der Waals surface area contributed by atoms with Crippen molar-refractivity contribution in [2.45, 2.75) is 72.6 Å².